The van der Waals surface area contributed by atoms with Gasteiger partial charge in [-0.1, -0.05) is 48.5 Å². The summed E-state index contributed by atoms with van der Waals surface area (Å²) in [4.78, 5) is 27.5. The first-order valence-corrected chi connectivity index (χ1v) is 12.5. The summed E-state index contributed by atoms with van der Waals surface area (Å²) in [6, 6.07) is 26.4. The van der Waals surface area contributed by atoms with Crippen LogP contribution in [0.2, 0.25) is 0 Å². The molecule has 0 aliphatic carbocycles. The number of phenols is 1. The van der Waals surface area contributed by atoms with Gasteiger partial charge in [-0.15, -0.1) is 0 Å². The standard InChI is InChI=1S/C32H25F2NO4/c33-25-11-6-21(7-12-25)24(20-39-32(38)23-4-2-1-3-5-23)10-19-29-30(22-8-17-28(36)18-9-22)35(31(29)37)27-15-13-26(34)14-16-27/h1-18,29-30,36H,19-20H2/b24-10+/t29-,30-/m1/s1. The molecule has 0 aromatic heterocycles. The van der Waals surface area contributed by atoms with Crippen LogP contribution in [-0.4, -0.2) is 23.6 Å². The van der Waals surface area contributed by atoms with Crippen molar-refractivity contribution in [3.05, 3.63) is 138 Å². The molecular weight excluding hydrogens is 500 g/mol. The summed E-state index contributed by atoms with van der Waals surface area (Å²) < 4.78 is 32.7. The topological polar surface area (TPSA) is 66.8 Å². The van der Waals surface area contributed by atoms with Crippen LogP contribution in [-0.2, 0) is 9.53 Å². The summed E-state index contributed by atoms with van der Waals surface area (Å²) in [7, 11) is 0. The summed E-state index contributed by atoms with van der Waals surface area (Å²) in [6.07, 6.45) is 2.15. The molecule has 0 radical (unpaired) electrons. The first-order chi connectivity index (χ1) is 18.9. The van der Waals surface area contributed by atoms with Crippen LogP contribution in [0.25, 0.3) is 5.57 Å². The van der Waals surface area contributed by atoms with Crippen molar-refractivity contribution in [3.63, 3.8) is 0 Å². The third-order valence-corrected chi connectivity index (χ3v) is 6.75. The highest BCUT2D eigenvalue weighted by atomic mass is 19.1. The predicted molar refractivity (Wildman–Crippen MR) is 144 cm³/mol. The van der Waals surface area contributed by atoms with Crippen LogP contribution in [0.4, 0.5) is 14.5 Å². The average molecular weight is 526 g/mol. The lowest BCUT2D eigenvalue weighted by atomic mass is 9.79. The van der Waals surface area contributed by atoms with E-state index in [1.165, 1.54) is 24.3 Å². The van der Waals surface area contributed by atoms with Crippen LogP contribution >= 0.6 is 0 Å². The fraction of sp³-hybridized carbons (Fsp3) is 0.125. The van der Waals surface area contributed by atoms with E-state index in [0.717, 1.165) is 5.56 Å². The normalized spacial score (nSPS) is 17.0. The van der Waals surface area contributed by atoms with Crippen molar-refractivity contribution < 1.29 is 28.2 Å². The number of hydrogen-bond donors (Lipinski definition) is 1. The van der Waals surface area contributed by atoms with Gasteiger partial charge in [-0.25, -0.2) is 13.6 Å². The van der Waals surface area contributed by atoms with E-state index in [1.807, 2.05) is 6.08 Å². The number of halogens is 2. The molecule has 1 aliphatic heterocycles. The van der Waals surface area contributed by atoms with E-state index in [9.17, 15) is 23.5 Å². The number of esters is 1. The molecule has 2 atom stereocenters. The lowest BCUT2D eigenvalue weighted by Gasteiger charge is -2.47. The fourth-order valence-corrected chi connectivity index (χ4v) is 4.71. The van der Waals surface area contributed by atoms with Crippen molar-refractivity contribution in [1.82, 2.24) is 0 Å². The van der Waals surface area contributed by atoms with Gasteiger partial charge in [0.2, 0.25) is 5.91 Å². The molecule has 7 heteroatoms. The van der Waals surface area contributed by atoms with Gasteiger partial charge in [-0.05, 0) is 83.8 Å². The zero-order valence-corrected chi connectivity index (χ0v) is 20.8. The molecule has 1 saturated heterocycles. The minimum atomic E-state index is -0.493. The summed E-state index contributed by atoms with van der Waals surface area (Å²) in [5.41, 5.74) is 3.09. The number of allylic oxidation sites excluding steroid dienone is 1. The monoisotopic (exact) mass is 525 g/mol. The fourth-order valence-electron chi connectivity index (χ4n) is 4.71. The number of ether oxygens (including phenoxy) is 1. The Morgan fingerprint density at radius 3 is 2.08 bits per heavy atom. The number of nitrogens with zero attached hydrogens (tertiary/aromatic N) is 1. The minimum Gasteiger partial charge on any atom is -0.508 e. The number of β-lactam (4-membered cyclic amide) rings is 1. The maximum atomic E-state index is 13.6. The molecule has 0 spiro atoms. The van der Waals surface area contributed by atoms with E-state index >= 15 is 0 Å². The Labute approximate surface area is 224 Å². The zero-order chi connectivity index (χ0) is 27.4. The number of carbonyl (C=O) groups excluding carboxylic acids is 2. The number of hydrogen-bond acceptors (Lipinski definition) is 4. The summed E-state index contributed by atoms with van der Waals surface area (Å²) in [5.74, 6) is -1.78. The number of amides is 1. The Hall–Kier alpha value is -4.78. The highest BCUT2D eigenvalue weighted by Gasteiger charge is 2.48. The van der Waals surface area contributed by atoms with Gasteiger partial charge >= 0.3 is 5.97 Å². The van der Waals surface area contributed by atoms with Crippen molar-refractivity contribution in [2.75, 3.05) is 11.5 Å². The Morgan fingerprint density at radius 2 is 1.44 bits per heavy atom. The number of phenolic OH excluding ortho intramolecular Hbond substituents is 1. The van der Waals surface area contributed by atoms with Gasteiger partial charge in [0.1, 0.15) is 24.0 Å². The van der Waals surface area contributed by atoms with Crippen LogP contribution in [0.5, 0.6) is 5.75 Å². The smallest absolute Gasteiger partial charge is 0.338 e. The highest BCUT2D eigenvalue weighted by molar-refractivity contribution is 6.03. The SMILES string of the molecule is O=C(OC/C(=C\C[C@H]1C(=O)N(c2ccc(F)cc2)[C@@H]1c1ccc(O)cc1)c1ccc(F)cc1)c1ccccc1. The first-order valence-electron chi connectivity index (χ1n) is 12.5. The van der Waals surface area contributed by atoms with E-state index in [0.29, 0.717) is 28.8 Å². The Morgan fingerprint density at radius 1 is 0.821 bits per heavy atom. The van der Waals surface area contributed by atoms with Gasteiger partial charge in [0.25, 0.3) is 0 Å². The highest BCUT2D eigenvalue weighted by Crippen LogP contribution is 2.45. The molecule has 1 fully saturated rings. The van der Waals surface area contributed by atoms with Crippen molar-refractivity contribution in [2.24, 2.45) is 5.92 Å². The lowest BCUT2D eigenvalue weighted by Crippen LogP contribution is -2.55. The van der Waals surface area contributed by atoms with E-state index < -0.39 is 23.5 Å². The second kappa shape index (κ2) is 11.3. The Kier molecular flexibility index (Phi) is 7.50. The number of benzene rings is 4. The molecule has 5 rings (SSSR count). The molecular formula is C32H25F2NO4. The molecule has 4 aromatic rings. The van der Waals surface area contributed by atoms with Crippen molar-refractivity contribution in [2.45, 2.75) is 12.5 Å². The van der Waals surface area contributed by atoms with Gasteiger partial charge in [-0.2, -0.15) is 0 Å². The molecule has 1 N–H and O–H groups in total. The number of anilines is 1. The van der Waals surface area contributed by atoms with E-state index in [1.54, 1.807) is 83.8 Å². The van der Waals surface area contributed by atoms with E-state index in [2.05, 4.69) is 0 Å². The van der Waals surface area contributed by atoms with E-state index in [4.69, 9.17) is 4.74 Å². The van der Waals surface area contributed by atoms with Crippen molar-refractivity contribution >= 4 is 23.1 Å². The second-order valence-corrected chi connectivity index (χ2v) is 9.24. The zero-order valence-electron chi connectivity index (χ0n) is 20.8. The maximum absolute atomic E-state index is 13.6. The summed E-state index contributed by atoms with van der Waals surface area (Å²) >= 11 is 0. The third kappa shape index (κ3) is 5.72. The molecule has 5 nitrogen and oxygen atoms in total. The number of rotatable bonds is 8. The van der Waals surface area contributed by atoms with Crippen LogP contribution in [0.1, 0.15) is 33.9 Å². The van der Waals surface area contributed by atoms with Crippen molar-refractivity contribution in [1.29, 1.82) is 0 Å². The Bertz CT molecular complexity index is 1480. The largest absolute Gasteiger partial charge is 0.508 e. The van der Waals surface area contributed by atoms with Gasteiger partial charge in [-0.3, -0.25) is 4.79 Å². The number of aromatic hydroxyl groups is 1. The van der Waals surface area contributed by atoms with Crippen LogP contribution in [0, 0.1) is 17.6 Å². The van der Waals surface area contributed by atoms with Crippen LogP contribution < -0.4 is 4.90 Å². The van der Waals surface area contributed by atoms with Crippen molar-refractivity contribution in [3.8, 4) is 5.75 Å². The van der Waals surface area contributed by atoms with E-state index in [-0.39, 0.29) is 24.3 Å². The Balaban J connectivity index is 1.42. The lowest BCUT2D eigenvalue weighted by molar-refractivity contribution is -0.130. The molecule has 1 amide bonds. The molecule has 0 saturated carbocycles. The quantitative estimate of drug-likeness (QED) is 0.205. The second-order valence-electron chi connectivity index (χ2n) is 9.24. The third-order valence-electron chi connectivity index (χ3n) is 6.75. The molecule has 196 valence electrons. The summed E-state index contributed by atoms with van der Waals surface area (Å²) in [5, 5.41) is 9.77. The maximum Gasteiger partial charge on any atom is 0.338 e. The molecule has 0 bridgehead atoms. The first kappa shape index (κ1) is 25.9. The molecule has 0 unspecified atom stereocenters. The molecule has 39 heavy (non-hydrogen) atoms. The average Bonchev–Trinajstić information content (AvgIpc) is 2.96. The molecule has 4 aromatic carbocycles. The van der Waals surface area contributed by atoms with Crippen LogP contribution in [0.3, 0.4) is 0 Å². The van der Waals surface area contributed by atoms with Gasteiger partial charge < -0.3 is 14.7 Å². The molecule has 1 aliphatic rings. The molecule has 1 heterocycles. The minimum absolute atomic E-state index is 0.0637. The summed E-state index contributed by atoms with van der Waals surface area (Å²) in [6.45, 7) is -0.0637. The number of carbonyl (C=O) groups is 2. The predicted octanol–water partition coefficient (Wildman–Crippen LogP) is 6.71. The van der Waals surface area contributed by atoms with Gasteiger partial charge in [0.05, 0.1) is 17.5 Å². The van der Waals surface area contributed by atoms with Gasteiger partial charge in [0.15, 0.2) is 0 Å². The van der Waals surface area contributed by atoms with Gasteiger partial charge in [0, 0.05) is 5.69 Å². The van der Waals surface area contributed by atoms with Crippen LogP contribution in [0.15, 0.2) is 109 Å².